The van der Waals surface area contributed by atoms with E-state index in [2.05, 4.69) is 5.32 Å². The van der Waals surface area contributed by atoms with Crippen molar-refractivity contribution in [3.8, 4) is 0 Å². The first-order chi connectivity index (χ1) is 13.1. The highest BCUT2D eigenvalue weighted by atomic mass is 19.1. The Kier molecular flexibility index (Phi) is 4.68. The molecule has 1 saturated carbocycles. The van der Waals surface area contributed by atoms with Crippen LogP contribution in [-0.2, 0) is 16.9 Å². The van der Waals surface area contributed by atoms with Gasteiger partial charge in [0.05, 0.1) is 5.54 Å². The molecule has 140 valence electrons. The fraction of sp³-hybridized carbons (Fsp3) is 0.364. The number of nitrogens with one attached hydrogen (secondary N) is 1. The summed E-state index contributed by atoms with van der Waals surface area (Å²) in [6.45, 7) is 0.940. The zero-order chi connectivity index (χ0) is 18.9. The molecule has 4 rings (SSSR count). The summed E-state index contributed by atoms with van der Waals surface area (Å²) in [6.07, 6.45) is 3.90. The smallest absolute Gasteiger partial charge is 0.254 e. The van der Waals surface area contributed by atoms with Gasteiger partial charge in [-0.2, -0.15) is 0 Å². The molecule has 0 saturated heterocycles. The molecule has 1 fully saturated rings. The molecule has 4 nitrogen and oxygen atoms in total. The van der Waals surface area contributed by atoms with Crippen molar-refractivity contribution in [3.05, 3.63) is 71.0 Å². The van der Waals surface area contributed by atoms with E-state index in [0.717, 1.165) is 42.4 Å². The van der Waals surface area contributed by atoms with Gasteiger partial charge in [-0.1, -0.05) is 43.2 Å². The normalized spacial score (nSPS) is 17.8. The number of fused-ring (bicyclic) bond motifs is 1. The van der Waals surface area contributed by atoms with Gasteiger partial charge in [0.25, 0.3) is 5.91 Å². The summed E-state index contributed by atoms with van der Waals surface area (Å²) in [5.74, 6) is -0.391. The van der Waals surface area contributed by atoms with Gasteiger partial charge in [-0.25, -0.2) is 4.39 Å². The molecular weight excluding hydrogens is 343 g/mol. The minimum atomic E-state index is -0.489. The average molecular weight is 366 g/mol. The molecule has 0 spiro atoms. The topological polar surface area (TPSA) is 49.4 Å². The molecule has 2 aliphatic rings. The molecule has 0 unspecified atom stereocenters. The van der Waals surface area contributed by atoms with Crippen LogP contribution in [0.3, 0.4) is 0 Å². The molecule has 5 heteroatoms. The van der Waals surface area contributed by atoms with E-state index in [-0.39, 0.29) is 24.1 Å². The molecule has 27 heavy (non-hydrogen) atoms. The van der Waals surface area contributed by atoms with Gasteiger partial charge < -0.3 is 10.2 Å². The molecule has 1 heterocycles. The van der Waals surface area contributed by atoms with Crippen molar-refractivity contribution in [2.24, 2.45) is 0 Å². The van der Waals surface area contributed by atoms with Crippen LogP contribution in [0.15, 0.2) is 48.5 Å². The maximum Gasteiger partial charge on any atom is 0.254 e. The highest BCUT2D eigenvalue weighted by molar-refractivity contribution is 5.98. The lowest BCUT2D eigenvalue weighted by molar-refractivity contribution is -0.123. The number of amides is 2. The number of nitrogens with zero attached hydrogens (tertiary/aromatic N) is 1. The predicted octanol–water partition coefficient (Wildman–Crippen LogP) is 3.76. The second kappa shape index (κ2) is 7.14. The summed E-state index contributed by atoms with van der Waals surface area (Å²) in [5.41, 5.74) is 2.08. The van der Waals surface area contributed by atoms with E-state index in [1.807, 2.05) is 30.3 Å². The second-order valence-electron chi connectivity index (χ2n) is 7.48. The maximum absolute atomic E-state index is 13.7. The van der Waals surface area contributed by atoms with E-state index in [9.17, 15) is 14.0 Å². The molecule has 1 aliphatic heterocycles. The Bertz CT molecular complexity index is 874. The zero-order valence-electron chi connectivity index (χ0n) is 15.2. The molecule has 0 aromatic heterocycles. The summed E-state index contributed by atoms with van der Waals surface area (Å²) >= 11 is 0. The van der Waals surface area contributed by atoms with Crippen LogP contribution >= 0.6 is 0 Å². The van der Waals surface area contributed by atoms with Crippen LogP contribution in [0.25, 0.3) is 0 Å². The Morgan fingerprint density at radius 2 is 1.89 bits per heavy atom. The Hall–Kier alpha value is -2.69. The molecule has 2 aromatic rings. The van der Waals surface area contributed by atoms with Crippen molar-refractivity contribution in [1.82, 2.24) is 10.2 Å². The minimum absolute atomic E-state index is 0.0147. The third-order valence-corrected chi connectivity index (χ3v) is 5.72. The van der Waals surface area contributed by atoms with Gasteiger partial charge in [0.15, 0.2) is 0 Å². The monoisotopic (exact) mass is 366 g/mol. The molecule has 2 aromatic carbocycles. The second-order valence-corrected chi connectivity index (χ2v) is 7.48. The van der Waals surface area contributed by atoms with Crippen LogP contribution in [0.4, 0.5) is 4.39 Å². The lowest BCUT2D eigenvalue weighted by atomic mass is 9.88. The fourth-order valence-electron chi connectivity index (χ4n) is 4.31. The van der Waals surface area contributed by atoms with Crippen LogP contribution < -0.4 is 5.32 Å². The van der Waals surface area contributed by atoms with Crippen molar-refractivity contribution >= 4 is 11.8 Å². The molecular formula is C22H23FN2O2. The summed E-state index contributed by atoms with van der Waals surface area (Å²) in [5, 5.41) is 3.15. The SMILES string of the molecule is O=C(CCN1Cc2ccccc2C1=O)NC1(c2cccc(F)c2)CCCC1. The lowest BCUT2D eigenvalue weighted by Crippen LogP contribution is -2.44. The number of hydrogen-bond acceptors (Lipinski definition) is 2. The van der Waals surface area contributed by atoms with Crippen molar-refractivity contribution in [3.63, 3.8) is 0 Å². The predicted molar refractivity (Wildman–Crippen MR) is 100 cm³/mol. The molecule has 0 atom stereocenters. The van der Waals surface area contributed by atoms with Crippen LogP contribution in [0, 0.1) is 5.82 Å². The standard InChI is InChI=1S/C22H23FN2O2/c23-18-8-5-7-17(14-18)22(11-3-4-12-22)24-20(26)10-13-25-15-16-6-1-2-9-19(16)21(25)27/h1-2,5-9,14H,3-4,10-13,15H2,(H,24,26). The Morgan fingerprint density at radius 3 is 2.63 bits per heavy atom. The molecule has 1 aliphatic carbocycles. The molecule has 0 radical (unpaired) electrons. The van der Waals surface area contributed by atoms with Crippen molar-refractivity contribution in [1.29, 1.82) is 0 Å². The average Bonchev–Trinajstić information content (AvgIpc) is 3.26. The van der Waals surface area contributed by atoms with E-state index in [1.165, 1.54) is 12.1 Å². The number of rotatable bonds is 5. The van der Waals surface area contributed by atoms with Gasteiger partial charge in [0.2, 0.25) is 5.91 Å². The largest absolute Gasteiger partial charge is 0.347 e. The number of carbonyl (C=O) groups is 2. The molecule has 2 amide bonds. The first-order valence-corrected chi connectivity index (χ1v) is 9.52. The van der Waals surface area contributed by atoms with E-state index < -0.39 is 5.54 Å². The first kappa shape index (κ1) is 17.7. The maximum atomic E-state index is 13.7. The van der Waals surface area contributed by atoms with Crippen LogP contribution in [0.1, 0.15) is 53.6 Å². The van der Waals surface area contributed by atoms with Gasteiger partial charge in [0, 0.05) is 25.1 Å². The van der Waals surface area contributed by atoms with E-state index in [1.54, 1.807) is 11.0 Å². The zero-order valence-corrected chi connectivity index (χ0v) is 15.2. The van der Waals surface area contributed by atoms with E-state index in [0.29, 0.717) is 13.1 Å². The fourth-order valence-corrected chi connectivity index (χ4v) is 4.31. The first-order valence-electron chi connectivity index (χ1n) is 9.52. The Balaban J connectivity index is 1.41. The van der Waals surface area contributed by atoms with Crippen molar-refractivity contribution in [2.75, 3.05) is 6.54 Å². The van der Waals surface area contributed by atoms with Gasteiger partial charge in [-0.3, -0.25) is 9.59 Å². The number of benzene rings is 2. The summed E-state index contributed by atoms with van der Waals surface area (Å²) in [4.78, 5) is 26.8. The molecule has 0 bridgehead atoms. The molecule has 1 N–H and O–H groups in total. The summed E-state index contributed by atoms with van der Waals surface area (Å²) in [6, 6.07) is 14.1. The summed E-state index contributed by atoms with van der Waals surface area (Å²) < 4.78 is 13.7. The van der Waals surface area contributed by atoms with Crippen LogP contribution in [0.2, 0.25) is 0 Å². The van der Waals surface area contributed by atoms with Gasteiger partial charge in [-0.15, -0.1) is 0 Å². The Morgan fingerprint density at radius 1 is 1.11 bits per heavy atom. The van der Waals surface area contributed by atoms with E-state index >= 15 is 0 Å². The van der Waals surface area contributed by atoms with Gasteiger partial charge in [-0.05, 0) is 42.2 Å². The van der Waals surface area contributed by atoms with Crippen molar-refractivity contribution < 1.29 is 14.0 Å². The van der Waals surface area contributed by atoms with Crippen LogP contribution in [0.5, 0.6) is 0 Å². The van der Waals surface area contributed by atoms with Crippen molar-refractivity contribution in [2.45, 2.75) is 44.2 Å². The third kappa shape index (κ3) is 3.46. The van der Waals surface area contributed by atoms with Crippen LogP contribution in [-0.4, -0.2) is 23.3 Å². The highest BCUT2D eigenvalue weighted by Gasteiger charge is 2.37. The quantitative estimate of drug-likeness (QED) is 0.876. The third-order valence-electron chi connectivity index (χ3n) is 5.72. The number of carbonyl (C=O) groups excluding carboxylic acids is 2. The number of halogens is 1. The van der Waals surface area contributed by atoms with Gasteiger partial charge >= 0.3 is 0 Å². The minimum Gasteiger partial charge on any atom is -0.347 e. The summed E-state index contributed by atoms with van der Waals surface area (Å²) in [7, 11) is 0. The Labute approximate surface area is 158 Å². The lowest BCUT2D eigenvalue weighted by Gasteiger charge is -2.31. The number of hydrogen-bond donors (Lipinski definition) is 1. The van der Waals surface area contributed by atoms with E-state index in [4.69, 9.17) is 0 Å². The highest BCUT2D eigenvalue weighted by Crippen LogP contribution is 2.39. The van der Waals surface area contributed by atoms with Gasteiger partial charge in [0.1, 0.15) is 5.82 Å².